The van der Waals surface area contributed by atoms with Crippen LogP contribution in [-0.2, 0) is 4.79 Å². The second-order valence-corrected chi connectivity index (χ2v) is 6.30. The number of carbonyl (C=O) groups is 1. The zero-order valence-corrected chi connectivity index (χ0v) is 14.9. The zero-order chi connectivity index (χ0) is 18.7. The van der Waals surface area contributed by atoms with Crippen LogP contribution >= 0.6 is 0 Å². The first-order valence-electron chi connectivity index (χ1n) is 8.44. The maximum atomic E-state index is 12.5. The number of aromatic nitrogens is 2. The summed E-state index contributed by atoms with van der Waals surface area (Å²) < 4.78 is 7.50. The highest BCUT2D eigenvalue weighted by molar-refractivity contribution is 5.95. The van der Waals surface area contributed by atoms with Crippen LogP contribution < -0.4 is 10.1 Å². The Morgan fingerprint density at radius 1 is 1.19 bits per heavy atom. The number of rotatable bonds is 5. The molecule has 0 aliphatic rings. The van der Waals surface area contributed by atoms with Gasteiger partial charge in [0.05, 0.1) is 0 Å². The number of amides is 1. The van der Waals surface area contributed by atoms with Crippen molar-refractivity contribution >= 4 is 22.5 Å². The molecule has 132 valence electrons. The zero-order valence-electron chi connectivity index (χ0n) is 14.9. The first-order chi connectivity index (χ1) is 12.5. The molecule has 0 aliphatic carbocycles. The van der Waals surface area contributed by atoms with Gasteiger partial charge in [-0.25, -0.2) is 0 Å². The molecule has 0 radical (unpaired) electrons. The van der Waals surface area contributed by atoms with E-state index in [2.05, 4.69) is 16.5 Å². The van der Waals surface area contributed by atoms with E-state index < -0.39 is 6.10 Å². The number of fused-ring (bicyclic) bond motifs is 1. The summed E-state index contributed by atoms with van der Waals surface area (Å²) in [6, 6.07) is 15.7. The summed E-state index contributed by atoms with van der Waals surface area (Å²) in [5.41, 5.74) is 0.324. The largest absolute Gasteiger partial charge is 0.480 e. The summed E-state index contributed by atoms with van der Waals surface area (Å²) in [6.45, 7) is 5.57. The molecular weight excluding hydrogens is 328 g/mol. The van der Waals surface area contributed by atoms with Crippen LogP contribution in [0.2, 0.25) is 0 Å². The van der Waals surface area contributed by atoms with Crippen LogP contribution in [0.1, 0.15) is 32.4 Å². The summed E-state index contributed by atoms with van der Waals surface area (Å²) in [5, 5.41) is 18.2. The molecule has 1 heterocycles. The minimum absolute atomic E-state index is 0.0945. The lowest BCUT2D eigenvalue weighted by Gasteiger charge is -2.15. The van der Waals surface area contributed by atoms with Gasteiger partial charge in [-0.15, -0.1) is 0 Å². The van der Waals surface area contributed by atoms with Crippen molar-refractivity contribution in [2.24, 2.45) is 0 Å². The predicted molar refractivity (Wildman–Crippen MR) is 100.0 cm³/mol. The molecule has 0 spiro atoms. The monoisotopic (exact) mass is 348 g/mol. The van der Waals surface area contributed by atoms with Crippen molar-refractivity contribution in [3.63, 3.8) is 0 Å². The molecule has 0 fully saturated rings. The third-order valence-corrected chi connectivity index (χ3v) is 4.05. The number of nitrogens with zero attached hydrogens (tertiary/aromatic N) is 3. The third kappa shape index (κ3) is 3.52. The molecular formula is C20H20N4O2. The van der Waals surface area contributed by atoms with Crippen molar-refractivity contribution in [3.8, 4) is 11.8 Å². The number of carbonyl (C=O) groups excluding carboxylic acids is 1. The molecule has 0 aliphatic heterocycles. The van der Waals surface area contributed by atoms with Crippen LogP contribution in [0.4, 0.5) is 5.82 Å². The third-order valence-electron chi connectivity index (χ3n) is 4.05. The number of ether oxygens (including phenoxy) is 1. The van der Waals surface area contributed by atoms with E-state index in [1.165, 1.54) is 0 Å². The normalized spacial score (nSPS) is 12.0. The van der Waals surface area contributed by atoms with Crippen molar-refractivity contribution in [1.82, 2.24) is 9.78 Å². The summed E-state index contributed by atoms with van der Waals surface area (Å²) in [7, 11) is 0. The highest BCUT2D eigenvalue weighted by Crippen LogP contribution is 2.26. The van der Waals surface area contributed by atoms with Gasteiger partial charge in [0.15, 0.2) is 11.9 Å². The Morgan fingerprint density at radius 3 is 2.65 bits per heavy atom. The van der Waals surface area contributed by atoms with E-state index in [1.807, 2.05) is 56.3 Å². The second-order valence-electron chi connectivity index (χ2n) is 6.30. The van der Waals surface area contributed by atoms with Crippen LogP contribution in [0.25, 0.3) is 10.8 Å². The maximum absolute atomic E-state index is 12.5. The van der Waals surface area contributed by atoms with Gasteiger partial charge in [-0.2, -0.15) is 10.4 Å². The van der Waals surface area contributed by atoms with Gasteiger partial charge in [-0.3, -0.25) is 9.48 Å². The number of anilines is 1. The van der Waals surface area contributed by atoms with E-state index in [1.54, 1.807) is 17.8 Å². The molecule has 0 saturated carbocycles. The van der Waals surface area contributed by atoms with Crippen LogP contribution in [0.15, 0.2) is 48.7 Å². The van der Waals surface area contributed by atoms with Gasteiger partial charge >= 0.3 is 0 Å². The number of hydrogen-bond acceptors (Lipinski definition) is 4. The van der Waals surface area contributed by atoms with Crippen molar-refractivity contribution in [1.29, 1.82) is 5.26 Å². The van der Waals surface area contributed by atoms with E-state index in [-0.39, 0.29) is 17.8 Å². The van der Waals surface area contributed by atoms with E-state index in [0.717, 1.165) is 10.8 Å². The molecule has 26 heavy (non-hydrogen) atoms. The highest BCUT2D eigenvalue weighted by atomic mass is 16.5. The molecule has 0 bridgehead atoms. The molecule has 3 aromatic rings. The standard InChI is InChI=1S/C20H20N4O2/c1-13(2)24-12-16(11-21)19(23-24)22-20(25)14(3)26-18-10-6-8-15-7-4-5-9-17(15)18/h4-10,12-14H,1-3H3,(H,22,23,25)/t14-/m0/s1. The average molecular weight is 348 g/mol. The smallest absolute Gasteiger partial charge is 0.266 e. The average Bonchev–Trinajstić information content (AvgIpc) is 3.05. The molecule has 1 aromatic heterocycles. The van der Waals surface area contributed by atoms with Crippen molar-refractivity contribution < 1.29 is 9.53 Å². The van der Waals surface area contributed by atoms with Gasteiger partial charge < -0.3 is 10.1 Å². The molecule has 1 N–H and O–H groups in total. The van der Waals surface area contributed by atoms with Crippen LogP contribution in [0, 0.1) is 11.3 Å². The van der Waals surface area contributed by atoms with Crippen molar-refractivity contribution in [2.45, 2.75) is 32.9 Å². The van der Waals surface area contributed by atoms with E-state index in [9.17, 15) is 10.1 Å². The summed E-state index contributed by atoms with van der Waals surface area (Å²) in [6.07, 6.45) is 0.882. The second kappa shape index (κ2) is 7.28. The molecule has 0 unspecified atom stereocenters. The SMILES string of the molecule is CC(C)n1cc(C#N)c(NC(=O)[C@H](C)Oc2cccc3ccccc23)n1. The Labute approximate surface area is 152 Å². The van der Waals surface area contributed by atoms with Gasteiger partial charge in [0, 0.05) is 17.6 Å². The Balaban J connectivity index is 1.77. The summed E-state index contributed by atoms with van der Waals surface area (Å²) >= 11 is 0. The number of benzene rings is 2. The van der Waals surface area contributed by atoms with Gasteiger partial charge in [-0.05, 0) is 32.2 Å². The number of hydrogen-bond donors (Lipinski definition) is 1. The fourth-order valence-electron chi connectivity index (χ4n) is 2.59. The number of nitrogens with one attached hydrogen (secondary N) is 1. The van der Waals surface area contributed by atoms with Gasteiger partial charge in [0.2, 0.25) is 0 Å². The summed E-state index contributed by atoms with van der Waals surface area (Å²) in [5.74, 6) is 0.530. The lowest BCUT2D eigenvalue weighted by molar-refractivity contribution is -0.122. The molecule has 1 atom stereocenters. The minimum Gasteiger partial charge on any atom is -0.480 e. The first-order valence-corrected chi connectivity index (χ1v) is 8.44. The Kier molecular flexibility index (Phi) is 4.90. The minimum atomic E-state index is -0.739. The molecule has 0 saturated heterocycles. The highest BCUT2D eigenvalue weighted by Gasteiger charge is 2.20. The molecule has 3 rings (SSSR count). The van der Waals surface area contributed by atoms with Gasteiger partial charge in [-0.1, -0.05) is 36.4 Å². The quantitative estimate of drug-likeness (QED) is 0.758. The lowest BCUT2D eigenvalue weighted by Crippen LogP contribution is -2.30. The Bertz CT molecular complexity index is 980. The Hall–Kier alpha value is -3.33. The molecule has 6 heteroatoms. The van der Waals surface area contributed by atoms with Gasteiger partial charge in [0.1, 0.15) is 17.4 Å². The molecule has 2 aromatic carbocycles. The molecule has 1 amide bonds. The predicted octanol–water partition coefficient (Wildman–Crippen LogP) is 3.89. The Morgan fingerprint density at radius 2 is 1.92 bits per heavy atom. The van der Waals surface area contributed by atoms with Gasteiger partial charge in [0.25, 0.3) is 5.91 Å². The lowest BCUT2D eigenvalue weighted by atomic mass is 10.1. The summed E-state index contributed by atoms with van der Waals surface area (Å²) in [4.78, 5) is 12.5. The van der Waals surface area contributed by atoms with Crippen LogP contribution in [-0.4, -0.2) is 21.8 Å². The van der Waals surface area contributed by atoms with E-state index in [4.69, 9.17) is 4.74 Å². The fraction of sp³-hybridized carbons (Fsp3) is 0.250. The fourth-order valence-corrected chi connectivity index (χ4v) is 2.59. The topological polar surface area (TPSA) is 79.9 Å². The van der Waals surface area contributed by atoms with Crippen molar-refractivity contribution in [3.05, 3.63) is 54.2 Å². The van der Waals surface area contributed by atoms with Crippen molar-refractivity contribution in [2.75, 3.05) is 5.32 Å². The maximum Gasteiger partial charge on any atom is 0.266 e. The van der Waals surface area contributed by atoms with Crippen LogP contribution in [0.5, 0.6) is 5.75 Å². The first kappa shape index (κ1) is 17.5. The van der Waals surface area contributed by atoms with E-state index >= 15 is 0 Å². The molecule has 6 nitrogen and oxygen atoms in total. The van der Waals surface area contributed by atoms with E-state index in [0.29, 0.717) is 11.3 Å². The van der Waals surface area contributed by atoms with Crippen LogP contribution in [0.3, 0.4) is 0 Å². The number of nitriles is 1.